The van der Waals surface area contributed by atoms with Gasteiger partial charge in [0.25, 0.3) is 5.91 Å². The lowest BCUT2D eigenvalue weighted by atomic mass is 9.74. The fourth-order valence-corrected chi connectivity index (χ4v) is 3.12. The van der Waals surface area contributed by atoms with Crippen LogP contribution in [0.2, 0.25) is 0 Å². The SMILES string of the molecule is CC1(NC(=O)COc2ccc(C(F)(F)F)cc2)CCCCC1C(=O)O. The van der Waals surface area contributed by atoms with Crippen LogP contribution in [0.15, 0.2) is 24.3 Å². The summed E-state index contributed by atoms with van der Waals surface area (Å²) in [7, 11) is 0. The lowest BCUT2D eigenvalue weighted by Gasteiger charge is -2.39. The summed E-state index contributed by atoms with van der Waals surface area (Å²) in [5.41, 5.74) is -1.66. The van der Waals surface area contributed by atoms with Gasteiger partial charge in [-0.1, -0.05) is 12.8 Å². The fourth-order valence-electron chi connectivity index (χ4n) is 3.12. The second-order valence-electron chi connectivity index (χ2n) is 6.41. The molecule has 1 aliphatic rings. The summed E-state index contributed by atoms with van der Waals surface area (Å²) in [4.78, 5) is 23.4. The number of benzene rings is 1. The minimum absolute atomic E-state index is 0.131. The van der Waals surface area contributed by atoms with E-state index in [1.54, 1.807) is 6.92 Å². The first-order valence-corrected chi connectivity index (χ1v) is 7.96. The molecule has 1 amide bonds. The molecule has 0 aliphatic heterocycles. The third kappa shape index (κ3) is 4.87. The first-order valence-electron chi connectivity index (χ1n) is 7.96. The van der Waals surface area contributed by atoms with Gasteiger partial charge in [-0.25, -0.2) is 0 Å². The number of carbonyl (C=O) groups excluding carboxylic acids is 1. The second kappa shape index (κ2) is 7.33. The molecule has 1 aliphatic carbocycles. The van der Waals surface area contributed by atoms with Gasteiger partial charge in [0.15, 0.2) is 6.61 Å². The number of hydrogen-bond donors (Lipinski definition) is 2. The number of aliphatic carboxylic acids is 1. The van der Waals surface area contributed by atoms with Crippen LogP contribution < -0.4 is 10.1 Å². The number of ether oxygens (including phenoxy) is 1. The Morgan fingerprint density at radius 2 is 1.92 bits per heavy atom. The molecule has 138 valence electrons. The number of nitrogens with one attached hydrogen (secondary N) is 1. The van der Waals surface area contributed by atoms with Crippen molar-refractivity contribution in [2.24, 2.45) is 5.92 Å². The predicted molar refractivity (Wildman–Crippen MR) is 83.1 cm³/mol. The Bertz CT molecular complexity index is 630. The molecule has 2 unspecified atom stereocenters. The molecule has 8 heteroatoms. The Morgan fingerprint density at radius 1 is 1.28 bits per heavy atom. The minimum atomic E-state index is -4.43. The van der Waals surface area contributed by atoms with Gasteiger partial charge in [-0.15, -0.1) is 0 Å². The molecule has 0 radical (unpaired) electrons. The van der Waals surface area contributed by atoms with Crippen LogP contribution >= 0.6 is 0 Å². The fraction of sp³-hybridized carbons (Fsp3) is 0.529. The second-order valence-corrected chi connectivity index (χ2v) is 6.41. The van der Waals surface area contributed by atoms with Gasteiger partial charge < -0.3 is 15.2 Å². The lowest BCUT2D eigenvalue weighted by Crippen LogP contribution is -2.56. The largest absolute Gasteiger partial charge is 0.484 e. The summed E-state index contributed by atoms with van der Waals surface area (Å²) in [5, 5.41) is 12.0. The Morgan fingerprint density at radius 3 is 2.48 bits per heavy atom. The zero-order chi connectivity index (χ0) is 18.7. The number of carbonyl (C=O) groups is 2. The summed E-state index contributed by atoms with van der Waals surface area (Å²) < 4.78 is 42.6. The topological polar surface area (TPSA) is 75.6 Å². The van der Waals surface area contributed by atoms with E-state index in [0.29, 0.717) is 12.8 Å². The zero-order valence-corrected chi connectivity index (χ0v) is 13.7. The van der Waals surface area contributed by atoms with E-state index in [-0.39, 0.29) is 5.75 Å². The predicted octanol–water partition coefficient (Wildman–Crippen LogP) is 3.23. The highest BCUT2D eigenvalue weighted by molar-refractivity contribution is 5.80. The maximum Gasteiger partial charge on any atom is 0.416 e. The number of alkyl halides is 3. The molecule has 1 saturated carbocycles. The van der Waals surface area contributed by atoms with Gasteiger partial charge >= 0.3 is 12.1 Å². The highest BCUT2D eigenvalue weighted by atomic mass is 19.4. The highest BCUT2D eigenvalue weighted by Crippen LogP contribution is 2.34. The molecule has 2 rings (SSSR count). The Balaban J connectivity index is 1.92. The zero-order valence-electron chi connectivity index (χ0n) is 13.7. The molecule has 5 nitrogen and oxygen atoms in total. The van der Waals surface area contributed by atoms with E-state index in [9.17, 15) is 27.9 Å². The van der Waals surface area contributed by atoms with Crippen molar-refractivity contribution in [3.8, 4) is 5.75 Å². The average molecular weight is 359 g/mol. The van der Waals surface area contributed by atoms with E-state index >= 15 is 0 Å². The van der Waals surface area contributed by atoms with Crippen molar-refractivity contribution < 1.29 is 32.6 Å². The average Bonchev–Trinajstić information content (AvgIpc) is 2.52. The summed E-state index contributed by atoms with van der Waals surface area (Å²) >= 11 is 0. The first-order chi connectivity index (χ1) is 11.6. The van der Waals surface area contributed by atoms with Crippen LogP contribution in [0.25, 0.3) is 0 Å². The van der Waals surface area contributed by atoms with Crippen molar-refractivity contribution in [2.45, 2.75) is 44.3 Å². The number of hydrogen-bond acceptors (Lipinski definition) is 3. The third-order valence-corrected chi connectivity index (χ3v) is 4.48. The first kappa shape index (κ1) is 19.1. The van der Waals surface area contributed by atoms with Gasteiger partial charge in [0.2, 0.25) is 0 Å². The molecule has 0 heterocycles. The van der Waals surface area contributed by atoms with Crippen LogP contribution in [-0.4, -0.2) is 29.1 Å². The van der Waals surface area contributed by atoms with Gasteiger partial charge in [-0.05, 0) is 44.0 Å². The van der Waals surface area contributed by atoms with Crippen LogP contribution in [0.5, 0.6) is 5.75 Å². The normalized spacial score (nSPS) is 23.8. The molecule has 1 aromatic rings. The summed E-state index contributed by atoms with van der Waals surface area (Å²) in [6.07, 6.45) is -1.77. The quantitative estimate of drug-likeness (QED) is 0.846. The monoisotopic (exact) mass is 359 g/mol. The van der Waals surface area contributed by atoms with Crippen LogP contribution in [-0.2, 0) is 15.8 Å². The van der Waals surface area contributed by atoms with E-state index < -0.39 is 41.7 Å². The van der Waals surface area contributed by atoms with Gasteiger partial charge in [-0.3, -0.25) is 9.59 Å². The number of carboxylic acids is 1. The highest BCUT2D eigenvalue weighted by Gasteiger charge is 2.42. The van der Waals surface area contributed by atoms with Crippen molar-refractivity contribution in [2.75, 3.05) is 6.61 Å². The van der Waals surface area contributed by atoms with Crippen LogP contribution in [0, 0.1) is 5.92 Å². The number of amides is 1. The summed E-state index contributed by atoms with van der Waals surface area (Å²) in [6.45, 7) is 1.30. The molecule has 1 fully saturated rings. The maximum absolute atomic E-state index is 12.5. The summed E-state index contributed by atoms with van der Waals surface area (Å²) in [6, 6.07) is 4.02. The maximum atomic E-state index is 12.5. The molecule has 25 heavy (non-hydrogen) atoms. The minimum Gasteiger partial charge on any atom is -0.484 e. The Labute approximate surface area is 143 Å². The number of halogens is 3. The van der Waals surface area contributed by atoms with Gasteiger partial charge in [0.1, 0.15) is 5.75 Å². The van der Waals surface area contributed by atoms with Crippen LogP contribution in [0.4, 0.5) is 13.2 Å². The molecule has 0 saturated heterocycles. The number of carboxylic acid groups (broad SMARTS) is 1. The lowest BCUT2D eigenvalue weighted by molar-refractivity contribution is -0.147. The van der Waals surface area contributed by atoms with E-state index in [0.717, 1.165) is 37.1 Å². The van der Waals surface area contributed by atoms with E-state index in [2.05, 4.69) is 5.32 Å². The van der Waals surface area contributed by atoms with E-state index in [1.165, 1.54) is 0 Å². The van der Waals surface area contributed by atoms with Gasteiger partial charge in [0.05, 0.1) is 17.0 Å². The molecule has 2 atom stereocenters. The van der Waals surface area contributed by atoms with Crippen molar-refractivity contribution in [3.63, 3.8) is 0 Å². The van der Waals surface area contributed by atoms with Crippen LogP contribution in [0.1, 0.15) is 38.2 Å². The van der Waals surface area contributed by atoms with Gasteiger partial charge in [-0.2, -0.15) is 13.2 Å². The summed E-state index contributed by atoms with van der Waals surface area (Å²) in [5.74, 6) is -2.00. The van der Waals surface area contributed by atoms with Crippen LogP contribution in [0.3, 0.4) is 0 Å². The Hall–Kier alpha value is -2.25. The molecule has 0 bridgehead atoms. The Kier molecular flexibility index (Phi) is 5.59. The van der Waals surface area contributed by atoms with E-state index in [4.69, 9.17) is 4.74 Å². The smallest absolute Gasteiger partial charge is 0.416 e. The molecule has 0 aromatic heterocycles. The molecule has 1 aromatic carbocycles. The van der Waals surface area contributed by atoms with E-state index in [1.807, 2.05) is 0 Å². The third-order valence-electron chi connectivity index (χ3n) is 4.48. The standard InChI is InChI=1S/C17H20F3NO4/c1-16(9-3-2-4-13(16)15(23)24)21-14(22)10-25-12-7-5-11(6-8-12)17(18,19)20/h5-8,13H,2-4,9-10H2,1H3,(H,21,22)(H,23,24). The molecular formula is C17H20F3NO4. The van der Waals surface area contributed by atoms with Crippen molar-refractivity contribution in [1.82, 2.24) is 5.32 Å². The molecular weight excluding hydrogens is 339 g/mol. The molecule has 0 spiro atoms. The van der Waals surface area contributed by atoms with Crippen molar-refractivity contribution >= 4 is 11.9 Å². The van der Waals surface area contributed by atoms with Crippen molar-refractivity contribution in [3.05, 3.63) is 29.8 Å². The van der Waals surface area contributed by atoms with Crippen molar-refractivity contribution in [1.29, 1.82) is 0 Å². The number of rotatable bonds is 5. The molecule has 2 N–H and O–H groups in total. The van der Waals surface area contributed by atoms with Gasteiger partial charge in [0, 0.05) is 0 Å².